The maximum atomic E-state index is 14.2. The maximum absolute atomic E-state index is 14.2. The minimum absolute atomic E-state index is 0.0526. The van der Waals surface area contributed by atoms with E-state index in [1.807, 2.05) is 47.4 Å². The third kappa shape index (κ3) is 4.35. The highest BCUT2D eigenvalue weighted by Gasteiger charge is 2.31. The van der Waals surface area contributed by atoms with Crippen molar-refractivity contribution in [3.05, 3.63) is 50.6 Å². The van der Waals surface area contributed by atoms with Crippen LogP contribution in [0, 0.1) is 12.8 Å². The average Bonchev–Trinajstić information content (AvgIpc) is 3.51. The average molecular weight is 554 g/mol. The van der Waals surface area contributed by atoms with Crippen molar-refractivity contribution >= 4 is 45.0 Å². The molecular weight excluding hydrogens is 522 g/mol. The smallest absolute Gasteiger partial charge is 0.268 e. The van der Waals surface area contributed by atoms with Crippen molar-refractivity contribution in [1.29, 1.82) is 0 Å². The van der Waals surface area contributed by atoms with Crippen molar-refractivity contribution < 1.29 is 14.3 Å². The molecule has 2 aliphatic heterocycles. The summed E-state index contributed by atoms with van der Waals surface area (Å²) in [5, 5.41) is 9.92. The topological polar surface area (TPSA) is 91.0 Å². The van der Waals surface area contributed by atoms with Gasteiger partial charge < -0.3 is 14.4 Å². The number of aryl methyl sites for hydroxylation is 1. The normalized spacial score (nSPS) is 18.9. The molecule has 1 fully saturated rings. The summed E-state index contributed by atoms with van der Waals surface area (Å²) in [4.78, 5) is 31.1. The zero-order valence-electron chi connectivity index (χ0n) is 22.0. The first-order valence-electron chi connectivity index (χ1n) is 13.0. The number of amides is 1. The summed E-state index contributed by atoms with van der Waals surface area (Å²) in [5.74, 6) is 0.839. The van der Waals surface area contributed by atoms with E-state index in [-0.39, 0.29) is 22.8 Å². The summed E-state index contributed by atoms with van der Waals surface area (Å²) in [7, 11) is 0. The zero-order valence-corrected chi connectivity index (χ0v) is 23.6. The van der Waals surface area contributed by atoms with Crippen LogP contribution in [0.3, 0.4) is 0 Å². The van der Waals surface area contributed by atoms with E-state index in [1.165, 1.54) is 11.8 Å². The van der Waals surface area contributed by atoms with E-state index in [0.717, 1.165) is 26.5 Å². The molecule has 4 aromatic rings. The fraction of sp³-hybridized carbons (Fsp3) is 0.481. The number of aromatic nitrogens is 4. The maximum Gasteiger partial charge on any atom is 0.268 e. The third-order valence-corrected chi connectivity index (χ3v) is 9.55. The van der Waals surface area contributed by atoms with Crippen molar-refractivity contribution in [3.63, 3.8) is 0 Å². The first kappa shape index (κ1) is 25.5. The van der Waals surface area contributed by atoms with Crippen LogP contribution in [0.5, 0.6) is 0 Å². The number of thioether (sulfide) groups is 1. The van der Waals surface area contributed by atoms with E-state index in [0.29, 0.717) is 61.6 Å². The second-order valence-corrected chi connectivity index (χ2v) is 12.7. The largest absolute Gasteiger partial charge is 0.378 e. The van der Waals surface area contributed by atoms with Gasteiger partial charge >= 0.3 is 0 Å². The summed E-state index contributed by atoms with van der Waals surface area (Å²) < 4.78 is 15.2. The lowest BCUT2D eigenvalue weighted by Gasteiger charge is -2.28. The number of carbonyl (C=O) groups is 1. The number of ether oxygens (including phenoxy) is 2. The van der Waals surface area contributed by atoms with E-state index in [9.17, 15) is 9.59 Å². The molecule has 0 aliphatic carbocycles. The molecule has 0 saturated carbocycles. The molecule has 5 heterocycles. The number of thiophene rings is 1. The molecule has 2 aliphatic rings. The molecule has 2 atom stereocenters. The quantitative estimate of drug-likeness (QED) is 0.347. The van der Waals surface area contributed by atoms with Crippen molar-refractivity contribution in [2.24, 2.45) is 5.92 Å². The SMILES string of the molecule is Cc1ccc(-n2c(=O)c3c4c(sc3n3c(S[C@H](C)C(=O)N5CCOCC5)nnc23)CO[C@@H](C(C)C)C4)cc1. The predicted octanol–water partition coefficient (Wildman–Crippen LogP) is 3.84. The first-order chi connectivity index (χ1) is 18.3. The standard InChI is InChI=1S/C27H31N5O4S2/c1-15(2)20-13-19-21(14-36-20)38-25-22(19)24(34)31(18-7-5-16(3)6-8-18)26-28-29-27(32(25)26)37-17(4)23(33)30-9-11-35-12-10-30/h5-8,15,17,20H,9-14H2,1-4H3/t17-,20-/m1/s1. The zero-order chi connectivity index (χ0) is 26.6. The van der Waals surface area contributed by atoms with Crippen LogP contribution in [0.15, 0.2) is 34.2 Å². The highest BCUT2D eigenvalue weighted by atomic mass is 32.2. The lowest BCUT2D eigenvalue weighted by molar-refractivity contribution is -0.134. The summed E-state index contributed by atoms with van der Waals surface area (Å²) in [6.07, 6.45) is 0.752. The van der Waals surface area contributed by atoms with Gasteiger partial charge in [0.2, 0.25) is 11.7 Å². The lowest BCUT2D eigenvalue weighted by Crippen LogP contribution is -2.44. The fourth-order valence-electron chi connectivity index (χ4n) is 5.12. The van der Waals surface area contributed by atoms with E-state index in [2.05, 4.69) is 24.0 Å². The highest BCUT2D eigenvalue weighted by Crippen LogP contribution is 2.38. The molecule has 0 N–H and O–H groups in total. The monoisotopic (exact) mass is 553 g/mol. The van der Waals surface area contributed by atoms with Gasteiger partial charge in [0.25, 0.3) is 5.56 Å². The number of nitrogens with zero attached hydrogens (tertiary/aromatic N) is 5. The Morgan fingerprint density at radius 3 is 2.58 bits per heavy atom. The Labute approximate surface area is 228 Å². The third-order valence-electron chi connectivity index (χ3n) is 7.33. The Bertz CT molecular complexity index is 1570. The molecular formula is C27H31N5O4S2. The fourth-order valence-corrected chi connectivity index (χ4v) is 7.35. The minimum atomic E-state index is -0.362. The Morgan fingerprint density at radius 1 is 1.13 bits per heavy atom. The predicted molar refractivity (Wildman–Crippen MR) is 149 cm³/mol. The van der Waals surface area contributed by atoms with Gasteiger partial charge in [0, 0.05) is 24.4 Å². The molecule has 9 nitrogen and oxygen atoms in total. The Hall–Kier alpha value is -2.73. The van der Waals surface area contributed by atoms with Gasteiger partial charge in [-0.25, -0.2) is 8.97 Å². The highest BCUT2D eigenvalue weighted by molar-refractivity contribution is 8.00. The number of benzene rings is 1. The Balaban J connectivity index is 1.52. The summed E-state index contributed by atoms with van der Waals surface area (Å²) in [6, 6.07) is 7.85. The summed E-state index contributed by atoms with van der Waals surface area (Å²) in [6.45, 7) is 11.0. The van der Waals surface area contributed by atoms with E-state index < -0.39 is 0 Å². The molecule has 0 bridgehead atoms. The van der Waals surface area contributed by atoms with Crippen LogP contribution >= 0.6 is 23.1 Å². The molecule has 200 valence electrons. The number of hydrogen-bond acceptors (Lipinski definition) is 8. The molecule has 38 heavy (non-hydrogen) atoms. The van der Waals surface area contributed by atoms with E-state index >= 15 is 0 Å². The van der Waals surface area contributed by atoms with Gasteiger partial charge in [0.1, 0.15) is 4.83 Å². The summed E-state index contributed by atoms with van der Waals surface area (Å²) in [5.41, 5.74) is 2.81. The molecule has 11 heteroatoms. The van der Waals surface area contributed by atoms with Gasteiger partial charge in [0.05, 0.1) is 42.2 Å². The second kappa shape index (κ2) is 10.1. The van der Waals surface area contributed by atoms with Crippen LogP contribution in [-0.2, 0) is 27.3 Å². The number of morpholine rings is 1. The first-order valence-corrected chi connectivity index (χ1v) is 14.7. The number of hydrogen-bond donors (Lipinski definition) is 0. The summed E-state index contributed by atoms with van der Waals surface area (Å²) >= 11 is 2.94. The molecule has 0 spiro atoms. The molecule has 0 unspecified atom stereocenters. The Kier molecular flexibility index (Phi) is 6.79. The van der Waals surface area contributed by atoms with Crippen molar-refractivity contribution in [3.8, 4) is 5.69 Å². The second-order valence-electron chi connectivity index (χ2n) is 10.3. The van der Waals surface area contributed by atoms with Crippen molar-refractivity contribution in [2.75, 3.05) is 26.3 Å². The molecule has 3 aromatic heterocycles. The lowest BCUT2D eigenvalue weighted by atomic mass is 9.96. The number of rotatable bonds is 5. The van der Waals surface area contributed by atoms with Gasteiger partial charge in [-0.05, 0) is 37.5 Å². The van der Waals surface area contributed by atoms with Gasteiger partial charge in [-0.15, -0.1) is 21.5 Å². The van der Waals surface area contributed by atoms with Crippen LogP contribution in [0.1, 0.15) is 36.8 Å². The van der Waals surface area contributed by atoms with Crippen molar-refractivity contribution in [1.82, 2.24) is 24.1 Å². The molecule has 6 rings (SSSR count). The molecule has 1 aromatic carbocycles. The van der Waals surface area contributed by atoms with Crippen LogP contribution in [0.2, 0.25) is 0 Å². The minimum Gasteiger partial charge on any atom is -0.378 e. The van der Waals surface area contributed by atoms with Crippen LogP contribution in [-0.4, -0.2) is 67.6 Å². The molecule has 1 saturated heterocycles. The Morgan fingerprint density at radius 2 is 1.87 bits per heavy atom. The number of carbonyl (C=O) groups excluding carboxylic acids is 1. The van der Waals surface area contributed by atoms with Crippen LogP contribution < -0.4 is 5.56 Å². The van der Waals surface area contributed by atoms with E-state index in [1.54, 1.807) is 15.9 Å². The molecule has 1 amide bonds. The van der Waals surface area contributed by atoms with Gasteiger partial charge in [-0.1, -0.05) is 43.3 Å². The van der Waals surface area contributed by atoms with Gasteiger partial charge in [-0.2, -0.15) is 0 Å². The van der Waals surface area contributed by atoms with Gasteiger partial charge in [0.15, 0.2) is 5.16 Å². The van der Waals surface area contributed by atoms with Crippen molar-refractivity contribution in [2.45, 2.75) is 57.2 Å². The molecule has 0 radical (unpaired) electrons. The van der Waals surface area contributed by atoms with Crippen LogP contribution in [0.25, 0.3) is 21.7 Å². The van der Waals surface area contributed by atoms with Crippen LogP contribution in [0.4, 0.5) is 0 Å². The number of fused-ring (bicyclic) bond motifs is 5. The van der Waals surface area contributed by atoms with Gasteiger partial charge in [-0.3, -0.25) is 9.59 Å². The van der Waals surface area contributed by atoms with E-state index in [4.69, 9.17) is 9.47 Å².